The van der Waals surface area contributed by atoms with Crippen LogP contribution in [0.25, 0.3) is 0 Å². The zero-order valence-electron chi connectivity index (χ0n) is 9.76. The predicted octanol–water partition coefficient (Wildman–Crippen LogP) is -0.718. The van der Waals surface area contributed by atoms with Crippen LogP contribution in [0.15, 0.2) is 0 Å². The van der Waals surface area contributed by atoms with Crippen LogP contribution in [0.5, 0.6) is 0 Å². The Bertz CT molecular complexity index is 208. The first-order chi connectivity index (χ1) is 7.19. The minimum absolute atomic E-state index is 0. The highest BCUT2D eigenvalue weighted by Gasteiger charge is 2.23. The Labute approximate surface area is 103 Å². The Morgan fingerprint density at radius 2 is 1.94 bits per heavy atom. The Morgan fingerprint density at radius 3 is 2.38 bits per heavy atom. The van der Waals surface area contributed by atoms with Gasteiger partial charge in [0.05, 0.1) is 12.6 Å². The van der Waals surface area contributed by atoms with Crippen molar-refractivity contribution in [3.63, 3.8) is 0 Å². The fourth-order valence-electron chi connectivity index (χ4n) is 1.74. The highest BCUT2D eigenvalue weighted by molar-refractivity contribution is 5.85. The van der Waals surface area contributed by atoms with Gasteiger partial charge in [0.15, 0.2) is 0 Å². The SMILES string of the molecule is CC[C@H](N)C(=O)N1CCN(CCO)CC1.Cl. The molecular weight excluding hydrogens is 230 g/mol. The molecule has 6 heteroatoms. The van der Waals surface area contributed by atoms with Gasteiger partial charge in [-0.25, -0.2) is 0 Å². The van der Waals surface area contributed by atoms with Gasteiger partial charge in [-0.1, -0.05) is 6.92 Å². The van der Waals surface area contributed by atoms with Crippen molar-refractivity contribution in [1.82, 2.24) is 9.80 Å². The number of hydrogen-bond acceptors (Lipinski definition) is 4. The fourth-order valence-corrected chi connectivity index (χ4v) is 1.74. The van der Waals surface area contributed by atoms with Crippen molar-refractivity contribution in [2.24, 2.45) is 5.73 Å². The average molecular weight is 252 g/mol. The lowest BCUT2D eigenvalue weighted by atomic mass is 10.2. The first-order valence-corrected chi connectivity index (χ1v) is 5.56. The van der Waals surface area contributed by atoms with Crippen molar-refractivity contribution < 1.29 is 9.90 Å². The summed E-state index contributed by atoms with van der Waals surface area (Å²) in [5.74, 6) is 0.0566. The second-order valence-corrected chi connectivity index (χ2v) is 3.91. The first-order valence-electron chi connectivity index (χ1n) is 5.56. The van der Waals surface area contributed by atoms with Crippen LogP contribution in [0, 0.1) is 0 Å². The normalized spacial score (nSPS) is 19.1. The van der Waals surface area contributed by atoms with E-state index in [1.54, 1.807) is 0 Å². The van der Waals surface area contributed by atoms with Crippen molar-refractivity contribution in [1.29, 1.82) is 0 Å². The minimum Gasteiger partial charge on any atom is -0.395 e. The van der Waals surface area contributed by atoms with E-state index in [-0.39, 0.29) is 31.0 Å². The summed E-state index contributed by atoms with van der Waals surface area (Å²) in [6, 6.07) is -0.352. The number of nitrogens with two attached hydrogens (primary N) is 1. The number of β-amino-alcohol motifs (C(OH)–C–C–N with tert-alkyl or cyclic N) is 1. The molecule has 1 aliphatic rings. The van der Waals surface area contributed by atoms with Gasteiger partial charge in [0.25, 0.3) is 0 Å². The van der Waals surface area contributed by atoms with Gasteiger partial charge in [-0.2, -0.15) is 0 Å². The van der Waals surface area contributed by atoms with Crippen molar-refractivity contribution in [2.45, 2.75) is 19.4 Å². The quantitative estimate of drug-likeness (QED) is 0.692. The maximum atomic E-state index is 11.7. The molecule has 1 aliphatic heterocycles. The highest BCUT2D eigenvalue weighted by atomic mass is 35.5. The monoisotopic (exact) mass is 251 g/mol. The number of carbonyl (C=O) groups excluding carboxylic acids is 1. The molecule has 1 amide bonds. The molecule has 1 rings (SSSR count). The number of rotatable bonds is 4. The van der Waals surface area contributed by atoms with E-state index in [0.717, 1.165) is 26.2 Å². The summed E-state index contributed by atoms with van der Waals surface area (Å²) in [7, 11) is 0. The Kier molecular flexibility index (Phi) is 7.66. The third-order valence-electron chi connectivity index (χ3n) is 2.86. The molecule has 1 saturated heterocycles. The van der Waals surface area contributed by atoms with E-state index in [2.05, 4.69) is 4.90 Å². The van der Waals surface area contributed by atoms with Crippen molar-refractivity contribution in [3.05, 3.63) is 0 Å². The van der Waals surface area contributed by atoms with E-state index in [4.69, 9.17) is 10.8 Å². The second-order valence-electron chi connectivity index (χ2n) is 3.91. The number of aliphatic hydroxyl groups excluding tert-OH is 1. The Hall–Kier alpha value is -0.360. The first kappa shape index (κ1) is 15.6. The molecule has 0 bridgehead atoms. The van der Waals surface area contributed by atoms with Crippen LogP contribution >= 0.6 is 12.4 Å². The molecule has 0 unspecified atom stereocenters. The van der Waals surface area contributed by atoms with Gasteiger partial charge in [0, 0.05) is 32.7 Å². The summed E-state index contributed by atoms with van der Waals surface area (Å²) in [6.45, 7) is 5.93. The summed E-state index contributed by atoms with van der Waals surface area (Å²) in [4.78, 5) is 15.7. The second kappa shape index (κ2) is 7.84. The summed E-state index contributed by atoms with van der Waals surface area (Å²) < 4.78 is 0. The highest BCUT2D eigenvalue weighted by Crippen LogP contribution is 2.04. The molecule has 3 N–H and O–H groups in total. The molecular formula is C10H22ClN3O2. The van der Waals surface area contributed by atoms with Crippen LogP contribution in [0.3, 0.4) is 0 Å². The fraction of sp³-hybridized carbons (Fsp3) is 0.900. The summed E-state index contributed by atoms with van der Waals surface area (Å²) in [5, 5.41) is 8.78. The third kappa shape index (κ3) is 4.25. The van der Waals surface area contributed by atoms with E-state index in [1.165, 1.54) is 0 Å². The number of nitrogens with zero attached hydrogens (tertiary/aromatic N) is 2. The van der Waals surface area contributed by atoms with Gasteiger partial charge < -0.3 is 15.7 Å². The van der Waals surface area contributed by atoms with Crippen LogP contribution < -0.4 is 5.73 Å². The van der Waals surface area contributed by atoms with Gasteiger partial charge in [0.2, 0.25) is 5.91 Å². The summed E-state index contributed by atoms with van der Waals surface area (Å²) in [5.41, 5.74) is 5.70. The zero-order chi connectivity index (χ0) is 11.3. The van der Waals surface area contributed by atoms with Crippen molar-refractivity contribution >= 4 is 18.3 Å². The average Bonchev–Trinajstić information content (AvgIpc) is 2.28. The van der Waals surface area contributed by atoms with Gasteiger partial charge in [-0.15, -0.1) is 12.4 Å². The Morgan fingerprint density at radius 1 is 1.38 bits per heavy atom. The lowest BCUT2D eigenvalue weighted by molar-refractivity contribution is -0.134. The smallest absolute Gasteiger partial charge is 0.239 e. The van der Waals surface area contributed by atoms with Gasteiger partial charge >= 0.3 is 0 Å². The lowest BCUT2D eigenvalue weighted by Gasteiger charge is -2.35. The van der Waals surface area contributed by atoms with Crippen LogP contribution in [0.4, 0.5) is 0 Å². The maximum absolute atomic E-state index is 11.7. The molecule has 0 aromatic heterocycles. The van der Waals surface area contributed by atoms with E-state index < -0.39 is 0 Å². The molecule has 0 radical (unpaired) electrons. The molecule has 0 spiro atoms. The van der Waals surface area contributed by atoms with Crippen molar-refractivity contribution in [3.8, 4) is 0 Å². The molecule has 0 aromatic carbocycles. The van der Waals surface area contributed by atoms with Crippen molar-refractivity contribution in [2.75, 3.05) is 39.3 Å². The number of carbonyl (C=O) groups is 1. The number of aliphatic hydroxyl groups is 1. The van der Waals surface area contributed by atoms with Gasteiger partial charge in [0.1, 0.15) is 0 Å². The topological polar surface area (TPSA) is 69.8 Å². The number of halogens is 1. The molecule has 0 saturated carbocycles. The lowest BCUT2D eigenvalue weighted by Crippen LogP contribution is -2.53. The van der Waals surface area contributed by atoms with Crippen LogP contribution in [0.1, 0.15) is 13.3 Å². The molecule has 16 heavy (non-hydrogen) atoms. The standard InChI is InChI=1S/C10H21N3O2.ClH/c1-2-9(11)10(15)13-5-3-12(4-6-13)7-8-14;/h9,14H,2-8,11H2,1H3;1H/t9-;/m0./s1. The summed E-state index contributed by atoms with van der Waals surface area (Å²) in [6.07, 6.45) is 0.690. The van der Waals surface area contributed by atoms with Gasteiger partial charge in [-0.3, -0.25) is 9.69 Å². The van der Waals surface area contributed by atoms with E-state index in [9.17, 15) is 4.79 Å². The predicted molar refractivity (Wildman–Crippen MR) is 65.6 cm³/mol. The van der Waals surface area contributed by atoms with Crippen LogP contribution in [0.2, 0.25) is 0 Å². The number of piperazine rings is 1. The van der Waals surface area contributed by atoms with E-state index in [1.807, 2.05) is 11.8 Å². The molecule has 1 fully saturated rings. The summed E-state index contributed by atoms with van der Waals surface area (Å²) >= 11 is 0. The molecule has 1 atom stereocenters. The van der Waals surface area contributed by atoms with E-state index >= 15 is 0 Å². The molecule has 0 aromatic rings. The van der Waals surface area contributed by atoms with Gasteiger partial charge in [-0.05, 0) is 6.42 Å². The van der Waals surface area contributed by atoms with Crippen LogP contribution in [-0.4, -0.2) is 66.2 Å². The largest absolute Gasteiger partial charge is 0.395 e. The molecule has 5 nitrogen and oxygen atoms in total. The minimum atomic E-state index is -0.352. The van der Waals surface area contributed by atoms with Crippen LogP contribution in [-0.2, 0) is 4.79 Å². The number of amides is 1. The third-order valence-corrected chi connectivity index (χ3v) is 2.86. The maximum Gasteiger partial charge on any atom is 0.239 e. The zero-order valence-corrected chi connectivity index (χ0v) is 10.6. The molecule has 96 valence electrons. The van der Waals surface area contributed by atoms with E-state index in [0.29, 0.717) is 13.0 Å². The molecule has 0 aliphatic carbocycles. The Balaban J connectivity index is 0.00000225. The molecule has 1 heterocycles. The number of hydrogen-bond donors (Lipinski definition) is 2.